The number of nitrogens with zero attached hydrogens (tertiary/aromatic N) is 1. The SMILES string of the molecule is OCC#Cc1cccc2ncoc12. The molecule has 1 aromatic heterocycles. The summed E-state index contributed by atoms with van der Waals surface area (Å²) in [6.45, 7) is -0.148. The van der Waals surface area contributed by atoms with Crippen LogP contribution in [0.5, 0.6) is 0 Å². The Morgan fingerprint density at radius 2 is 2.38 bits per heavy atom. The first kappa shape index (κ1) is 7.84. The molecule has 3 heteroatoms. The average molecular weight is 173 g/mol. The van der Waals surface area contributed by atoms with Crippen LogP contribution in [0.3, 0.4) is 0 Å². The molecule has 0 aliphatic rings. The minimum Gasteiger partial charge on any atom is -0.442 e. The van der Waals surface area contributed by atoms with Gasteiger partial charge in [0.2, 0.25) is 0 Å². The summed E-state index contributed by atoms with van der Waals surface area (Å²) in [5.41, 5.74) is 2.21. The minimum absolute atomic E-state index is 0.148. The molecule has 0 saturated heterocycles. The highest BCUT2D eigenvalue weighted by Crippen LogP contribution is 2.15. The van der Waals surface area contributed by atoms with Crippen molar-refractivity contribution in [2.75, 3.05) is 6.61 Å². The van der Waals surface area contributed by atoms with Crippen molar-refractivity contribution >= 4 is 11.1 Å². The lowest BCUT2D eigenvalue weighted by molar-refractivity contribution is 0.350. The number of hydrogen-bond acceptors (Lipinski definition) is 3. The Morgan fingerprint density at radius 1 is 1.46 bits per heavy atom. The van der Waals surface area contributed by atoms with Crippen LogP contribution in [-0.4, -0.2) is 16.7 Å². The van der Waals surface area contributed by atoms with Gasteiger partial charge in [0.05, 0.1) is 5.56 Å². The van der Waals surface area contributed by atoms with Gasteiger partial charge in [0, 0.05) is 0 Å². The predicted octanol–water partition coefficient (Wildman–Crippen LogP) is 1.17. The van der Waals surface area contributed by atoms with Crippen molar-refractivity contribution in [3.63, 3.8) is 0 Å². The summed E-state index contributed by atoms with van der Waals surface area (Å²) in [5.74, 6) is 5.35. The van der Waals surface area contributed by atoms with E-state index in [1.807, 2.05) is 18.2 Å². The number of benzene rings is 1. The summed E-state index contributed by atoms with van der Waals surface area (Å²) in [7, 11) is 0. The fourth-order valence-electron chi connectivity index (χ4n) is 1.12. The van der Waals surface area contributed by atoms with Crippen molar-refractivity contribution in [1.29, 1.82) is 0 Å². The van der Waals surface area contributed by atoms with Gasteiger partial charge in [0.15, 0.2) is 12.0 Å². The van der Waals surface area contributed by atoms with Crippen LogP contribution in [-0.2, 0) is 0 Å². The Hall–Kier alpha value is -1.79. The maximum Gasteiger partial charge on any atom is 0.182 e. The van der Waals surface area contributed by atoms with E-state index in [1.54, 1.807) is 0 Å². The number of aliphatic hydroxyl groups excluding tert-OH is 1. The van der Waals surface area contributed by atoms with Gasteiger partial charge in [-0.3, -0.25) is 0 Å². The Kier molecular flexibility index (Phi) is 1.99. The van der Waals surface area contributed by atoms with Gasteiger partial charge in [-0.15, -0.1) is 0 Å². The topological polar surface area (TPSA) is 46.3 Å². The van der Waals surface area contributed by atoms with Gasteiger partial charge in [-0.1, -0.05) is 17.9 Å². The highest BCUT2D eigenvalue weighted by atomic mass is 16.3. The minimum atomic E-state index is -0.148. The van der Waals surface area contributed by atoms with Crippen LogP contribution < -0.4 is 0 Å². The van der Waals surface area contributed by atoms with Crippen molar-refractivity contribution in [1.82, 2.24) is 4.98 Å². The summed E-state index contributed by atoms with van der Waals surface area (Å²) in [6.07, 6.45) is 1.38. The summed E-state index contributed by atoms with van der Waals surface area (Å²) >= 11 is 0. The molecule has 0 fully saturated rings. The third kappa shape index (κ3) is 1.40. The average Bonchev–Trinajstić information content (AvgIpc) is 2.62. The molecule has 1 heterocycles. The lowest BCUT2D eigenvalue weighted by atomic mass is 10.2. The molecule has 0 bridgehead atoms. The zero-order valence-corrected chi connectivity index (χ0v) is 6.82. The number of rotatable bonds is 0. The summed E-state index contributed by atoms with van der Waals surface area (Å²) in [5, 5.41) is 8.53. The van der Waals surface area contributed by atoms with Gasteiger partial charge < -0.3 is 9.52 Å². The van der Waals surface area contributed by atoms with Gasteiger partial charge >= 0.3 is 0 Å². The van der Waals surface area contributed by atoms with Crippen LogP contribution in [0.15, 0.2) is 29.0 Å². The molecule has 3 nitrogen and oxygen atoms in total. The molecule has 0 aliphatic carbocycles. The van der Waals surface area contributed by atoms with E-state index in [0.29, 0.717) is 5.58 Å². The standard InChI is InChI=1S/C10H7NO2/c12-6-2-4-8-3-1-5-9-10(8)13-7-11-9/h1,3,5,7,12H,6H2. The molecule has 0 saturated carbocycles. The highest BCUT2D eigenvalue weighted by molar-refractivity contribution is 5.79. The molecular weight excluding hydrogens is 166 g/mol. The Morgan fingerprint density at radius 3 is 3.23 bits per heavy atom. The van der Waals surface area contributed by atoms with Crippen molar-refractivity contribution in [3.05, 3.63) is 30.2 Å². The fraction of sp³-hybridized carbons (Fsp3) is 0.100. The quantitative estimate of drug-likeness (QED) is 0.608. The first-order chi connectivity index (χ1) is 6.42. The van der Waals surface area contributed by atoms with Gasteiger partial charge in [-0.25, -0.2) is 4.98 Å². The van der Waals surface area contributed by atoms with E-state index in [1.165, 1.54) is 6.39 Å². The number of aliphatic hydroxyl groups is 1. The molecule has 0 amide bonds. The molecule has 1 aromatic carbocycles. The second-order valence-electron chi connectivity index (χ2n) is 2.47. The number of fused-ring (bicyclic) bond motifs is 1. The lowest BCUT2D eigenvalue weighted by Gasteiger charge is -1.89. The second kappa shape index (κ2) is 3.30. The van der Waals surface area contributed by atoms with Crippen LogP contribution in [0.2, 0.25) is 0 Å². The van der Waals surface area contributed by atoms with Crippen LogP contribution in [0.25, 0.3) is 11.1 Å². The van der Waals surface area contributed by atoms with E-state index in [4.69, 9.17) is 9.52 Å². The third-order valence-corrected chi connectivity index (χ3v) is 1.66. The van der Waals surface area contributed by atoms with Crippen molar-refractivity contribution in [2.45, 2.75) is 0 Å². The van der Waals surface area contributed by atoms with Crippen LogP contribution in [0.1, 0.15) is 5.56 Å². The molecule has 0 aliphatic heterocycles. The molecule has 0 atom stereocenters. The van der Waals surface area contributed by atoms with Gasteiger partial charge in [0.25, 0.3) is 0 Å². The molecule has 0 unspecified atom stereocenters. The van der Waals surface area contributed by atoms with Gasteiger partial charge in [-0.05, 0) is 12.1 Å². The summed E-state index contributed by atoms with van der Waals surface area (Å²) in [6, 6.07) is 5.53. The molecule has 2 aromatic rings. The molecule has 0 radical (unpaired) electrons. The van der Waals surface area contributed by atoms with Crippen molar-refractivity contribution < 1.29 is 9.52 Å². The number of para-hydroxylation sites is 1. The zero-order valence-electron chi connectivity index (χ0n) is 6.82. The summed E-state index contributed by atoms with van der Waals surface area (Å²) < 4.78 is 5.15. The van der Waals surface area contributed by atoms with E-state index in [-0.39, 0.29) is 6.61 Å². The second-order valence-corrected chi connectivity index (χ2v) is 2.47. The van der Waals surface area contributed by atoms with E-state index >= 15 is 0 Å². The molecule has 13 heavy (non-hydrogen) atoms. The smallest absolute Gasteiger partial charge is 0.182 e. The van der Waals surface area contributed by atoms with Crippen molar-refractivity contribution in [3.8, 4) is 11.8 Å². The molecular formula is C10H7NO2. The van der Waals surface area contributed by atoms with E-state index in [2.05, 4.69) is 16.8 Å². The fourth-order valence-corrected chi connectivity index (χ4v) is 1.12. The van der Waals surface area contributed by atoms with E-state index < -0.39 is 0 Å². The maximum absolute atomic E-state index is 8.53. The van der Waals surface area contributed by atoms with Crippen LogP contribution >= 0.6 is 0 Å². The Labute approximate surface area is 75.0 Å². The third-order valence-electron chi connectivity index (χ3n) is 1.66. The number of oxazole rings is 1. The largest absolute Gasteiger partial charge is 0.442 e. The molecule has 0 spiro atoms. The number of aromatic nitrogens is 1. The first-order valence-electron chi connectivity index (χ1n) is 3.84. The van der Waals surface area contributed by atoms with Crippen LogP contribution in [0.4, 0.5) is 0 Å². The number of hydrogen-bond donors (Lipinski definition) is 1. The van der Waals surface area contributed by atoms with Crippen LogP contribution in [0, 0.1) is 11.8 Å². The normalized spacial score (nSPS) is 9.62. The Bertz CT molecular complexity index is 476. The molecule has 1 N–H and O–H groups in total. The van der Waals surface area contributed by atoms with Crippen molar-refractivity contribution in [2.24, 2.45) is 0 Å². The zero-order chi connectivity index (χ0) is 9.10. The lowest BCUT2D eigenvalue weighted by Crippen LogP contribution is -1.77. The van der Waals surface area contributed by atoms with E-state index in [9.17, 15) is 0 Å². The maximum atomic E-state index is 8.53. The monoisotopic (exact) mass is 173 g/mol. The van der Waals surface area contributed by atoms with Gasteiger partial charge in [-0.2, -0.15) is 0 Å². The predicted molar refractivity (Wildman–Crippen MR) is 48.0 cm³/mol. The Balaban J connectivity index is 2.61. The van der Waals surface area contributed by atoms with Gasteiger partial charge in [0.1, 0.15) is 12.1 Å². The molecule has 2 rings (SSSR count). The van der Waals surface area contributed by atoms with E-state index in [0.717, 1.165) is 11.1 Å². The first-order valence-corrected chi connectivity index (χ1v) is 3.84. The summed E-state index contributed by atoms with van der Waals surface area (Å²) in [4.78, 5) is 3.99. The molecule has 64 valence electrons. The highest BCUT2D eigenvalue weighted by Gasteiger charge is 2.00.